The normalized spacial score (nSPS) is 12.7. The van der Waals surface area contributed by atoms with Crippen molar-refractivity contribution in [1.29, 1.82) is 0 Å². The third-order valence-electron chi connectivity index (χ3n) is 2.34. The number of oxazole rings is 1. The van der Waals surface area contributed by atoms with Gasteiger partial charge in [-0.3, -0.25) is 0 Å². The van der Waals surface area contributed by atoms with Gasteiger partial charge in [0.1, 0.15) is 0 Å². The van der Waals surface area contributed by atoms with E-state index in [0.29, 0.717) is 13.0 Å². The first kappa shape index (κ1) is 15.6. The molecular formula is C12H17F2NO4. The van der Waals surface area contributed by atoms with Gasteiger partial charge in [-0.1, -0.05) is 6.92 Å². The molecule has 1 unspecified atom stereocenters. The molecule has 0 saturated carbocycles. The van der Waals surface area contributed by atoms with E-state index in [4.69, 9.17) is 9.15 Å². The van der Waals surface area contributed by atoms with Gasteiger partial charge in [0, 0.05) is 20.1 Å². The van der Waals surface area contributed by atoms with Crippen molar-refractivity contribution in [3.05, 3.63) is 17.3 Å². The number of hydrogen-bond acceptors (Lipinski definition) is 5. The summed E-state index contributed by atoms with van der Waals surface area (Å²) in [6, 6.07) is 0. The van der Waals surface area contributed by atoms with E-state index >= 15 is 0 Å². The molecule has 1 atom stereocenters. The number of methoxy groups -OCH3 is 1. The van der Waals surface area contributed by atoms with Crippen molar-refractivity contribution in [2.75, 3.05) is 20.3 Å². The van der Waals surface area contributed by atoms with E-state index in [9.17, 15) is 13.6 Å². The highest BCUT2D eigenvalue weighted by atomic mass is 19.3. The van der Waals surface area contributed by atoms with Gasteiger partial charge in [0.05, 0.1) is 6.61 Å². The quantitative estimate of drug-likeness (QED) is 0.717. The van der Waals surface area contributed by atoms with E-state index in [0.717, 1.165) is 0 Å². The Kier molecular flexibility index (Phi) is 5.88. The standard InChI is InChI=1S/C12H17F2NO4/c1-4-18-12(16)10-9(11(13)14)15-8(19-10)5-7(2)6-17-3/h7,11H,4-6H2,1-3H3. The molecule has 5 nitrogen and oxygen atoms in total. The van der Waals surface area contributed by atoms with Crippen molar-refractivity contribution < 1.29 is 27.5 Å². The molecule has 108 valence electrons. The summed E-state index contributed by atoms with van der Waals surface area (Å²) in [5.74, 6) is -1.31. The number of carbonyl (C=O) groups is 1. The number of halogens is 2. The van der Waals surface area contributed by atoms with E-state index in [1.54, 1.807) is 14.0 Å². The van der Waals surface area contributed by atoms with Crippen LogP contribution in [0, 0.1) is 5.92 Å². The number of alkyl halides is 2. The van der Waals surface area contributed by atoms with E-state index in [-0.39, 0.29) is 18.4 Å². The van der Waals surface area contributed by atoms with Crippen molar-refractivity contribution in [2.45, 2.75) is 26.7 Å². The molecule has 1 rings (SSSR count). The zero-order valence-corrected chi connectivity index (χ0v) is 11.1. The molecule has 0 spiro atoms. The van der Waals surface area contributed by atoms with Crippen LogP contribution in [0.2, 0.25) is 0 Å². The number of hydrogen-bond donors (Lipinski definition) is 0. The first-order valence-electron chi connectivity index (χ1n) is 5.93. The number of rotatable bonds is 7. The maximum absolute atomic E-state index is 12.8. The van der Waals surface area contributed by atoms with Crippen LogP contribution in [-0.4, -0.2) is 31.3 Å². The van der Waals surface area contributed by atoms with Crippen molar-refractivity contribution in [3.63, 3.8) is 0 Å². The lowest BCUT2D eigenvalue weighted by atomic mass is 10.1. The van der Waals surface area contributed by atoms with Crippen LogP contribution in [0.15, 0.2) is 4.42 Å². The van der Waals surface area contributed by atoms with Gasteiger partial charge in [0.15, 0.2) is 11.6 Å². The van der Waals surface area contributed by atoms with Crippen LogP contribution >= 0.6 is 0 Å². The Labute approximate surface area is 109 Å². The lowest BCUT2D eigenvalue weighted by Gasteiger charge is -2.06. The van der Waals surface area contributed by atoms with Crippen LogP contribution in [0.3, 0.4) is 0 Å². The molecule has 0 radical (unpaired) electrons. The number of aromatic nitrogens is 1. The predicted molar refractivity (Wildman–Crippen MR) is 62.2 cm³/mol. The molecule has 0 N–H and O–H groups in total. The average molecular weight is 277 g/mol. The molecule has 0 aliphatic heterocycles. The van der Waals surface area contributed by atoms with Crippen LogP contribution in [0.4, 0.5) is 8.78 Å². The maximum Gasteiger partial charge on any atom is 0.376 e. The maximum atomic E-state index is 12.8. The molecule has 19 heavy (non-hydrogen) atoms. The van der Waals surface area contributed by atoms with Crippen LogP contribution in [0.1, 0.15) is 42.4 Å². The number of esters is 1. The first-order valence-corrected chi connectivity index (χ1v) is 5.93. The van der Waals surface area contributed by atoms with Crippen LogP contribution in [0.25, 0.3) is 0 Å². The van der Waals surface area contributed by atoms with E-state index in [1.807, 2.05) is 6.92 Å². The number of carbonyl (C=O) groups excluding carboxylic acids is 1. The molecule has 0 aliphatic carbocycles. The zero-order valence-electron chi connectivity index (χ0n) is 11.1. The SMILES string of the molecule is CCOC(=O)c1oc(CC(C)COC)nc1C(F)F. The fourth-order valence-corrected chi connectivity index (χ4v) is 1.60. The van der Waals surface area contributed by atoms with Crippen LogP contribution in [0.5, 0.6) is 0 Å². The Morgan fingerprint density at radius 3 is 2.68 bits per heavy atom. The van der Waals surface area contributed by atoms with Gasteiger partial charge in [-0.25, -0.2) is 18.6 Å². The van der Waals surface area contributed by atoms with Crippen molar-refractivity contribution in [2.24, 2.45) is 5.92 Å². The second kappa shape index (κ2) is 7.18. The molecule has 1 aromatic rings. The molecule has 0 aromatic carbocycles. The van der Waals surface area contributed by atoms with Crippen molar-refractivity contribution >= 4 is 5.97 Å². The molecule has 1 heterocycles. The Hall–Kier alpha value is -1.50. The first-order chi connectivity index (χ1) is 8.99. The van der Waals surface area contributed by atoms with Gasteiger partial charge in [-0.15, -0.1) is 0 Å². The third-order valence-corrected chi connectivity index (χ3v) is 2.34. The fraction of sp³-hybridized carbons (Fsp3) is 0.667. The summed E-state index contributed by atoms with van der Waals surface area (Å²) in [6.45, 7) is 3.97. The minimum absolute atomic E-state index is 0.0456. The fourth-order valence-electron chi connectivity index (χ4n) is 1.60. The van der Waals surface area contributed by atoms with Crippen LogP contribution in [-0.2, 0) is 15.9 Å². The Balaban J connectivity index is 2.91. The highest BCUT2D eigenvalue weighted by molar-refractivity contribution is 5.87. The molecule has 0 fully saturated rings. The number of nitrogens with zero attached hydrogens (tertiary/aromatic N) is 1. The van der Waals surface area contributed by atoms with Gasteiger partial charge >= 0.3 is 5.97 Å². The molecule has 0 amide bonds. The Morgan fingerprint density at radius 2 is 2.16 bits per heavy atom. The third kappa shape index (κ3) is 4.27. The van der Waals surface area contributed by atoms with E-state index in [1.165, 1.54) is 0 Å². The van der Waals surface area contributed by atoms with Crippen molar-refractivity contribution in [1.82, 2.24) is 4.98 Å². The molecule has 0 bridgehead atoms. The topological polar surface area (TPSA) is 61.6 Å². The lowest BCUT2D eigenvalue weighted by Crippen LogP contribution is -2.07. The van der Waals surface area contributed by atoms with Gasteiger partial charge in [-0.05, 0) is 12.8 Å². The largest absolute Gasteiger partial charge is 0.460 e. The van der Waals surface area contributed by atoms with Crippen LogP contribution < -0.4 is 0 Å². The van der Waals surface area contributed by atoms with Gasteiger partial charge in [0.25, 0.3) is 6.43 Å². The lowest BCUT2D eigenvalue weighted by molar-refractivity contribution is 0.0473. The van der Waals surface area contributed by atoms with Gasteiger partial charge in [-0.2, -0.15) is 0 Å². The summed E-state index contributed by atoms with van der Waals surface area (Å²) >= 11 is 0. The second-order valence-electron chi connectivity index (χ2n) is 4.11. The minimum atomic E-state index is -2.88. The van der Waals surface area contributed by atoms with E-state index in [2.05, 4.69) is 9.72 Å². The van der Waals surface area contributed by atoms with Crippen molar-refractivity contribution in [3.8, 4) is 0 Å². The molecule has 0 aliphatic rings. The summed E-state index contributed by atoms with van der Waals surface area (Å²) < 4.78 is 40.2. The summed E-state index contributed by atoms with van der Waals surface area (Å²) in [6.07, 6.45) is -2.57. The summed E-state index contributed by atoms with van der Waals surface area (Å²) in [7, 11) is 1.54. The van der Waals surface area contributed by atoms with E-state index < -0.39 is 23.8 Å². The predicted octanol–water partition coefficient (Wildman–Crippen LogP) is 2.61. The molecular weight excluding hydrogens is 260 g/mol. The molecule has 7 heteroatoms. The van der Waals surface area contributed by atoms with Gasteiger partial charge < -0.3 is 13.9 Å². The highest BCUT2D eigenvalue weighted by Gasteiger charge is 2.27. The zero-order chi connectivity index (χ0) is 14.4. The van der Waals surface area contributed by atoms with Gasteiger partial charge in [0.2, 0.25) is 5.76 Å². The summed E-state index contributed by atoms with van der Waals surface area (Å²) in [5, 5.41) is 0. The molecule has 1 aromatic heterocycles. The Bertz CT molecular complexity index is 420. The number of ether oxygens (including phenoxy) is 2. The summed E-state index contributed by atoms with van der Waals surface area (Å²) in [4.78, 5) is 15.1. The summed E-state index contributed by atoms with van der Waals surface area (Å²) in [5.41, 5.74) is -0.668. The average Bonchev–Trinajstić information content (AvgIpc) is 2.73. The Morgan fingerprint density at radius 1 is 1.47 bits per heavy atom. The second-order valence-corrected chi connectivity index (χ2v) is 4.11. The molecule has 0 saturated heterocycles. The minimum Gasteiger partial charge on any atom is -0.460 e. The monoisotopic (exact) mass is 277 g/mol. The smallest absolute Gasteiger partial charge is 0.376 e. The highest BCUT2D eigenvalue weighted by Crippen LogP contribution is 2.25.